The predicted molar refractivity (Wildman–Crippen MR) is 58.0 cm³/mol. The van der Waals surface area contributed by atoms with E-state index in [0.717, 1.165) is 24.5 Å². The Morgan fingerprint density at radius 3 is 2.79 bits per heavy atom. The lowest BCUT2D eigenvalue weighted by molar-refractivity contribution is 0.491. The summed E-state index contributed by atoms with van der Waals surface area (Å²) in [6.45, 7) is 6.92. The van der Waals surface area contributed by atoms with Crippen LogP contribution in [0.5, 0.6) is 0 Å². The highest BCUT2D eigenvalue weighted by Crippen LogP contribution is 2.20. The quantitative estimate of drug-likeness (QED) is 0.584. The maximum absolute atomic E-state index is 5.46. The summed E-state index contributed by atoms with van der Waals surface area (Å²) < 4.78 is 5.46. The Balaban J connectivity index is 2.56. The molecular formula is C12H17NO. The van der Waals surface area contributed by atoms with Gasteiger partial charge in [-0.15, -0.1) is 12.3 Å². The maximum atomic E-state index is 5.46. The maximum Gasteiger partial charge on any atom is 0.105 e. The van der Waals surface area contributed by atoms with E-state index >= 15 is 0 Å². The standard InChI is InChI=1S/C12H17NO/c1-5-6-7-13-10(3)12-8-9(2)14-11(12)4/h1,8,10,13H,6-7H2,2-4H3. The molecule has 0 aromatic carbocycles. The van der Waals surface area contributed by atoms with Gasteiger partial charge in [-0.05, 0) is 26.8 Å². The molecule has 0 bridgehead atoms. The van der Waals surface area contributed by atoms with Gasteiger partial charge in [0.1, 0.15) is 11.5 Å². The van der Waals surface area contributed by atoms with Crippen molar-refractivity contribution in [3.05, 3.63) is 23.2 Å². The second-order valence-corrected chi connectivity index (χ2v) is 3.50. The SMILES string of the molecule is C#CCCNC(C)c1cc(C)oc1C. The van der Waals surface area contributed by atoms with Crippen molar-refractivity contribution in [3.63, 3.8) is 0 Å². The molecule has 2 heteroatoms. The second kappa shape index (κ2) is 4.88. The Hall–Kier alpha value is -1.20. The summed E-state index contributed by atoms with van der Waals surface area (Å²) in [6, 6.07) is 2.38. The van der Waals surface area contributed by atoms with Gasteiger partial charge in [-0.25, -0.2) is 0 Å². The van der Waals surface area contributed by atoms with E-state index in [2.05, 4.69) is 24.2 Å². The largest absolute Gasteiger partial charge is 0.466 e. The smallest absolute Gasteiger partial charge is 0.105 e. The fraction of sp³-hybridized carbons (Fsp3) is 0.500. The fourth-order valence-electron chi connectivity index (χ4n) is 1.55. The molecule has 0 amide bonds. The van der Waals surface area contributed by atoms with Gasteiger partial charge in [0.25, 0.3) is 0 Å². The van der Waals surface area contributed by atoms with Crippen LogP contribution < -0.4 is 5.32 Å². The van der Waals surface area contributed by atoms with E-state index in [-0.39, 0.29) is 0 Å². The average Bonchev–Trinajstić information content (AvgIpc) is 2.45. The lowest BCUT2D eigenvalue weighted by atomic mass is 10.1. The van der Waals surface area contributed by atoms with E-state index in [1.165, 1.54) is 5.56 Å². The predicted octanol–water partition coefficient (Wildman–Crippen LogP) is 2.57. The average molecular weight is 191 g/mol. The summed E-state index contributed by atoms with van der Waals surface area (Å²) in [5, 5.41) is 3.35. The molecule has 0 spiro atoms. The normalized spacial score (nSPS) is 12.4. The highest BCUT2D eigenvalue weighted by Gasteiger charge is 2.11. The molecule has 0 radical (unpaired) electrons. The molecule has 2 nitrogen and oxygen atoms in total. The third kappa shape index (κ3) is 2.65. The van der Waals surface area contributed by atoms with Crippen LogP contribution in [0.25, 0.3) is 0 Å². The Morgan fingerprint density at radius 2 is 2.29 bits per heavy atom. The van der Waals surface area contributed by atoms with E-state index in [9.17, 15) is 0 Å². The highest BCUT2D eigenvalue weighted by molar-refractivity contribution is 5.23. The first-order chi connectivity index (χ1) is 6.65. The van der Waals surface area contributed by atoms with Gasteiger partial charge in [0, 0.05) is 24.6 Å². The number of terminal acetylenes is 1. The Kier molecular flexibility index (Phi) is 3.79. The molecule has 0 aliphatic heterocycles. The van der Waals surface area contributed by atoms with Crippen molar-refractivity contribution < 1.29 is 4.42 Å². The summed E-state index contributed by atoms with van der Waals surface area (Å²) in [6.07, 6.45) is 5.94. The summed E-state index contributed by atoms with van der Waals surface area (Å²) in [5.74, 6) is 4.56. The van der Waals surface area contributed by atoms with Crippen molar-refractivity contribution in [3.8, 4) is 12.3 Å². The molecule has 0 aliphatic carbocycles. The minimum atomic E-state index is 0.306. The van der Waals surface area contributed by atoms with E-state index in [4.69, 9.17) is 10.8 Å². The van der Waals surface area contributed by atoms with E-state index < -0.39 is 0 Å². The van der Waals surface area contributed by atoms with Crippen LogP contribution in [-0.4, -0.2) is 6.54 Å². The molecule has 0 saturated heterocycles. The van der Waals surface area contributed by atoms with Gasteiger partial charge in [0.05, 0.1) is 0 Å². The Morgan fingerprint density at radius 1 is 1.57 bits per heavy atom. The Bertz CT molecular complexity index is 333. The summed E-state index contributed by atoms with van der Waals surface area (Å²) in [7, 11) is 0. The first-order valence-electron chi connectivity index (χ1n) is 4.89. The summed E-state index contributed by atoms with van der Waals surface area (Å²) in [4.78, 5) is 0. The molecule has 0 aliphatic rings. The van der Waals surface area contributed by atoms with Gasteiger partial charge in [-0.2, -0.15) is 0 Å². The van der Waals surface area contributed by atoms with Crippen LogP contribution in [0.1, 0.15) is 36.5 Å². The van der Waals surface area contributed by atoms with Crippen LogP contribution in [-0.2, 0) is 0 Å². The first kappa shape index (κ1) is 10.9. The van der Waals surface area contributed by atoms with Crippen molar-refractivity contribution in [1.82, 2.24) is 5.32 Å². The molecule has 14 heavy (non-hydrogen) atoms. The van der Waals surface area contributed by atoms with Crippen molar-refractivity contribution in [1.29, 1.82) is 0 Å². The second-order valence-electron chi connectivity index (χ2n) is 3.50. The van der Waals surface area contributed by atoms with Gasteiger partial charge in [0.2, 0.25) is 0 Å². The lowest BCUT2D eigenvalue weighted by Crippen LogP contribution is -2.19. The van der Waals surface area contributed by atoms with Crippen molar-refractivity contribution in [2.45, 2.75) is 33.2 Å². The fourth-order valence-corrected chi connectivity index (χ4v) is 1.55. The molecule has 1 heterocycles. The van der Waals surface area contributed by atoms with E-state index in [0.29, 0.717) is 6.04 Å². The molecule has 0 saturated carbocycles. The van der Waals surface area contributed by atoms with Crippen molar-refractivity contribution >= 4 is 0 Å². The lowest BCUT2D eigenvalue weighted by Gasteiger charge is -2.11. The van der Waals surface area contributed by atoms with Gasteiger partial charge in [-0.3, -0.25) is 0 Å². The molecule has 1 aromatic rings. The minimum absolute atomic E-state index is 0.306. The number of hydrogen-bond acceptors (Lipinski definition) is 2. The van der Waals surface area contributed by atoms with Gasteiger partial charge in [-0.1, -0.05) is 0 Å². The molecule has 76 valence electrons. The Labute approximate surface area is 85.7 Å². The zero-order chi connectivity index (χ0) is 10.6. The van der Waals surface area contributed by atoms with Crippen LogP contribution in [0.4, 0.5) is 0 Å². The monoisotopic (exact) mass is 191 g/mol. The molecule has 1 N–H and O–H groups in total. The zero-order valence-corrected chi connectivity index (χ0v) is 9.05. The van der Waals surface area contributed by atoms with Crippen LogP contribution in [0.3, 0.4) is 0 Å². The molecular weight excluding hydrogens is 174 g/mol. The minimum Gasteiger partial charge on any atom is -0.466 e. The van der Waals surface area contributed by atoms with Crippen LogP contribution >= 0.6 is 0 Å². The molecule has 1 atom stereocenters. The summed E-state index contributed by atoms with van der Waals surface area (Å²) >= 11 is 0. The topological polar surface area (TPSA) is 25.2 Å². The molecule has 1 aromatic heterocycles. The summed E-state index contributed by atoms with van der Waals surface area (Å²) in [5.41, 5.74) is 1.22. The molecule has 1 unspecified atom stereocenters. The number of aryl methyl sites for hydroxylation is 2. The first-order valence-corrected chi connectivity index (χ1v) is 4.89. The molecule has 0 fully saturated rings. The van der Waals surface area contributed by atoms with Crippen molar-refractivity contribution in [2.75, 3.05) is 6.54 Å². The molecule has 1 rings (SSSR count). The van der Waals surface area contributed by atoms with Crippen molar-refractivity contribution in [2.24, 2.45) is 0 Å². The van der Waals surface area contributed by atoms with Crippen LogP contribution in [0.15, 0.2) is 10.5 Å². The third-order valence-electron chi connectivity index (χ3n) is 2.27. The highest BCUT2D eigenvalue weighted by atomic mass is 16.3. The van der Waals surface area contributed by atoms with Gasteiger partial charge < -0.3 is 9.73 Å². The van der Waals surface area contributed by atoms with E-state index in [1.807, 2.05) is 13.8 Å². The van der Waals surface area contributed by atoms with Crippen LogP contribution in [0.2, 0.25) is 0 Å². The number of hydrogen-bond donors (Lipinski definition) is 1. The zero-order valence-electron chi connectivity index (χ0n) is 9.05. The van der Waals surface area contributed by atoms with E-state index in [1.54, 1.807) is 0 Å². The third-order valence-corrected chi connectivity index (χ3v) is 2.27. The number of furan rings is 1. The van der Waals surface area contributed by atoms with Gasteiger partial charge in [0.15, 0.2) is 0 Å². The number of nitrogens with one attached hydrogen (secondary N) is 1. The van der Waals surface area contributed by atoms with Crippen LogP contribution in [0, 0.1) is 26.2 Å². The van der Waals surface area contributed by atoms with Gasteiger partial charge >= 0.3 is 0 Å². The number of rotatable bonds is 4.